The van der Waals surface area contributed by atoms with Crippen LogP contribution < -0.4 is 15.8 Å². The normalized spacial score (nSPS) is 9.76. The molecule has 0 atom stereocenters. The van der Waals surface area contributed by atoms with E-state index in [9.17, 15) is 9.59 Å². The maximum absolute atomic E-state index is 10.5. The summed E-state index contributed by atoms with van der Waals surface area (Å²) >= 11 is 11.6. The lowest BCUT2D eigenvalue weighted by molar-refractivity contribution is -0.119. The van der Waals surface area contributed by atoms with E-state index >= 15 is 0 Å². The molecule has 4 N–H and O–H groups in total. The molecule has 17 heavy (non-hydrogen) atoms. The number of carboxylic acid groups (broad SMARTS) is 1. The molecule has 1 rings (SSSR count). The SMILES string of the molecule is NC(=O)COc1c(Cl)cc(NC(=O)O)cc1Cl. The van der Waals surface area contributed by atoms with Gasteiger partial charge in [0.1, 0.15) is 0 Å². The largest absolute Gasteiger partial charge is 0.481 e. The molecule has 0 aliphatic carbocycles. The van der Waals surface area contributed by atoms with Gasteiger partial charge < -0.3 is 15.6 Å². The monoisotopic (exact) mass is 278 g/mol. The number of anilines is 1. The van der Waals surface area contributed by atoms with E-state index in [1.165, 1.54) is 12.1 Å². The molecule has 0 fully saturated rings. The van der Waals surface area contributed by atoms with Crippen molar-refractivity contribution in [3.8, 4) is 5.75 Å². The number of primary amides is 1. The van der Waals surface area contributed by atoms with E-state index in [1.54, 1.807) is 0 Å². The lowest BCUT2D eigenvalue weighted by atomic mass is 10.3. The highest BCUT2D eigenvalue weighted by Crippen LogP contribution is 2.35. The van der Waals surface area contributed by atoms with Crippen LogP contribution in [-0.2, 0) is 4.79 Å². The first kappa shape index (κ1) is 13.4. The number of amides is 2. The molecule has 1 aromatic rings. The molecule has 0 saturated carbocycles. The Balaban J connectivity index is 2.93. The third-order valence-corrected chi connectivity index (χ3v) is 2.17. The minimum atomic E-state index is -1.25. The quantitative estimate of drug-likeness (QED) is 0.783. The number of carbonyl (C=O) groups excluding carboxylic acids is 1. The zero-order valence-electron chi connectivity index (χ0n) is 8.37. The fourth-order valence-electron chi connectivity index (χ4n) is 1.04. The van der Waals surface area contributed by atoms with Crippen molar-refractivity contribution in [1.82, 2.24) is 0 Å². The summed E-state index contributed by atoms with van der Waals surface area (Å²) in [5.74, 6) is -0.604. The lowest BCUT2D eigenvalue weighted by Gasteiger charge is -2.10. The maximum Gasteiger partial charge on any atom is 0.409 e. The molecule has 92 valence electrons. The van der Waals surface area contributed by atoms with Crippen LogP contribution in [0.2, 0.25) is 10.0 Å². The Morgan fingerprint density at radius 2 is 1.88 bits per heavy atom. The van der Waals surface area contributed by atoms with Gasteiger partial charge in [-0.2, -0.15) is 0 Å². The summed E-state index contributed by atoms with van der Waals surface area (Å²) in [6, 6.07) is 2.61. The Bertz CT molecular complexity index is 441. The molecule has 1 aromatic carbocycles. The first-order valence-electron chi connectivity index (χ1n) is 4.30. The van der Waals surface area contributed by atoms with Gasteiger partial charge in [0, 0.05) is 5.69 Å². The Hall–Kier alpha value is -1.66. The molecular formula is C9H8Cl2N2O4. The van der Waals surface area contributed by atoms with E-state index in [-0.39, 0.29) is 28.1 Å². The van der Waals surface area contributed by atoms with Crippen LogP contribution in [0, 0.1) is 0 Å². The molecule has 0 bridgehead atoms. The third kappa shape index (κ3) is 4.01. The summed E-state index contributed by atoms with van der Waals surface area (Å²) in [5, 5.41) is 10.7. The predicted octanol–water partition coefficient (Wildman–Crippen LogP) is 1.95. The fourth-order valence-corrected chi connectivity index (χ4v) is 1.63. The molecule has 0 aromatic heterocycles. The van der Waals surface area contributed by atoms with E-state index in [4.69, 9.17) is 38.8 Å². The Kier molecular flexibility index (Phi) is 4.42. The Morgan fingerprint density at radius 3 is 2.29 bits per heavy atom. The summed E-state index contributed by atoms with van der Waals surface area (Å²) in [5.41, 5.74) is 5.09. The molecule has 8 heteroatoms. The van der Waals surface area contributed by atoms with Gasteiger partial charge in [0.25, 0.3) is 5.91 Å². The number of halogens is 2. The van der Waals surface area contributed by atoms with Gasteiger partial charge >= 0.3 is 6.09 Å². The fraction of sp³-hybridized carbons (Fsp3) is 0.111. The van der Waals surface area contributed by atoms with Crippen molar-refractivity contribution in [2.75, 3.05) is 11.9 Å². The summed E-state index contributed by atoms with van der Waals surface area (Å²) in [7, 11) is 0. The summed E-state index contributed by atoms with van der Waals surface area (Å²) in [4.78, 5) is 20.9. The third-order valence-electron chi connectivity index (χ3n) is 1.61. The smallest absolute Gasteiger partial charge is 0.409 e. The summed E-state index contributed by atoms with van der Waals surface area (Å²) < 4.78 is 4.98. The zero-order valence-corrected chi connectivity index (χ0v) is 9.88. The van der Waals surface area contributed by atoms with Gasteiger partial charge in [-0.1, -0.05) is 23.2 Å². The van der Waals surface area contributed by atoms with E-state index in [2.05, 4.69) is 5.32 Å². The van der Waals surface area contributed by atoms with Crippen LogP contribution >= 0.6 is 23.2 Å². The number of hydrogen-bond acceptors (Lipinski definition) is 3. The van der Waals surface area contributed by atoms with Gasteiger partial charge in [0.2, 0.25) is 0 Å². The van der Waals surface area contributed by atoms with E-state index in [0.29, 0.717) is 0 Å². The van der Waals surface area contributed by atoms with Crippen LogP contribution in [0.3, 0.4) is 0 Å². The second kappa shape index (κ2) is 5.60. The van der Waals surface area contributed by atoms with Crippen LogP contribution in [0.1, 0.15) is 0 Å². The highest BCUT2D eigenvalue weighted by molar-refractivity contribution is 6.37. The van der Waals surface area contributed by atoms with Crippen LogP contribution in [0.15, 0.2) is 12.1 Å². The average molecular weight is 279 g/mol. The van der Waals surface area contributed by atoms with Crippen molar-refractivity contribution in [1.29, 1.82) is 0 Å². The Morgan fingerprint density at radius 1 is 1.35 bits per heavy atom. The van der Waals surface area contributed by atoms with E-state index in [1.807, 2.05) is 0 Å². The van der Waals surface area contributed by atoms with Crippen molar-refractivity contribution < 1.29 is 19.4 Å². The van der Waals surface area contributed by atoms with Crippen LogP contribution in [0.4, 0.5) is 10.5 Å². The van der Waals surface area contributed by atoms with Crippen molar-refractivity contribution >= 4 is 40.9 Å². The first-order chi connectivity index (χ1) is 7.90. The number of nitrogens with one attached hydrogen (secondary N) is 1. The van der Waals surface area contributed by atoms with Crippen molar-refractivity contribution in [2.45, 2.75) is 0 Å². The maximum atomic E-state index is 10.5. The number of ether oxygens (including phenoxy) is 1. The molecule has 0 saturated heterocycles. The van der Waals surface area contributed by atoms with Gasteiger partial charge in [-0.25, -0.2) is 4.79 Å². The van der Waals surface area contributed by atoms with E-state index in [0.717, 1.165) is 0 Å². The first-order valence-corrected chi connectivity index (χ1v) is 5.06. The molecule has 0 unspecified atom stereocenters. The van der Waals surface area contributed by atoms with Crippen LogP contribution in [0.25, 0.3) is 0 Å². The molecule has 0 aliphatic heterocycles. The number of benzene rings is 1. The van der Waals surface area contributed by atoms with Gasteiger partial charge in [-0.15, -0.1) is 0 Å². The minimum absolute atomic E-state index is 0.0718. The van der Waals surface area contributed by atoms with Crippen LogP contribution in [0.5, 0.6) is 5.75 Å². The van der Waals surface area contributed by atoms with Gasteiger partial charge in [0.05, 0.1) is 10.0 Å². The second-order valence-electron chi connectivity index (χ2n) is 2.95. The molecule has 0 aliphatic rings. The second-order valence-corrected chi connectivity index (χ2v) is 3.77. The lowest BCUT2D eigenvalue weighted by Crippen LogP contribution is -2.20. The highest BCUT2D eigenvalue weighted by Gasteiger charge is 2.11. The molecular weight excluding hydrogens is 271 g/mol. The van der Waals surface area contributed by atoms with Crippen molar-refractivity contribution in [3.05, 3.63) is 22.2 Å². The number of nitrogens with two attached hydrogens (primary N) is 1. The molecule has 6 nitrogen and oxygen atoms in total. The van der Waals surface area contributed by atoms with Gasteiger partial charge in [-0.3, -0.25) is 10.1 Å². The number of rotatable bonds is 4. The standard InChI is InChI=1S/C9H8Cl2N2O4/c10-5-1-4(13-9(15)16)2-6(11)8(5)17-3-7(12)14/h1-2,13H,3H2,(H2,12,14)(H,15,16). The topological polar surface area (TPSA) is 102 Å². The highest BCUT2D eigenvalue weighted by atomic mass is 35.5. The summed E-state index contributed by atoms with van der Waals surface area (Å²) in [6.45, 7) is -0.370. The molecule has 0 spiro atoms. The van der Waals surface area contributed by atoms with Gasteiger partial charge in [-0.05, 0) is 12.1 Å². The minimum Gasteiger partial charge on any atom is -0.481 e. The number of hydrogen-bond donors (Lipinski definition) is 3. The van der Waals surface area contributed by atoms with Crippen molar-refractivity contribution in [3.63, 3.8) is 0 Å². The Labute approximate surface area is 106 Å². The molecule has 0 radical (unpaired) electrons. The van der Waals surface area contributed by atoms with Gasteiger partial charge in [0.15, 0.2) is 12.4 Å². The summed E-state index contributed by atoms with van der Waals surface area (Å²) in [6.07, 6.45) is -1.25. The predicted molar refractivity (Wildman–Crippen MR) is 62.8 cm³/mol. The number of carbonyl (C=O) groups is 2. The average Bonchev–Trinajstić information content (AvgIpc) is 2.14. The van der Waals surface area contributed by atoms with Crippen molar-refractivity contribution in [2.24, 2.45) is 5.73 Å². The van der Waals surface area contributed by atoms with E-state index < -0.39 is 12.0 Å². The molecule has 0 heterocycles. The van der Waals surface area contributed by atoms with Crippen LogP contribution in [-0.4, -0.2) is 23.7 Å². The molecule has 2 amide bonds. The zero-order chi connectivity index (χ0) is 13.0.